The van der Waals surface area contributed by atoms with Gasteiger partial charge in [0.1, 0.15) is 24.9 Å². The van der Waals surface area contributed by atoms with Crippen LogP contribution in [0.3, 0.4) is 0 Å². The van der Waals surface area contributed by atoms with Crippen LogP contribution in [0.25, 0.3) is 0 Å². The molecule has 314 valence electrons. The number of hydrogen-bond donors (Lipinski definition) is 0. The summed E-state index contributed by atoms with van der Waals surface area (Å²) in [5.74, 6) is -4.74. The Hall–Kier alpha value is -4.16. The molecule has 1 aromatic rings. The molecule has 3 rings (SSSR count). The van der Waals surface area contributed by atoms with Crippen LogP contribution in [-0.4, -0.2) is 117 Å². The van der Waals surface area contributed by atoms with Gasteiger partial charge in [0, 0.05) is 48.1 Å². The summed E-state index contributed by atoms with van der Waals surface area (Å²) in [6, 6.07) is 9.27. The first-order chi connectivity index (χ1) is 26.7. The van der Waals surface area contributed by atoms with Crippen molar-refractivity contribution in [2.24, 2.45) is 0 Å². The Balaban J connectivity index is 2.08. The van der Waals surface area contributed by atoms with E-state index in [1.165, 1.54) is 6.92 Å². The average molecular weight is 797 g/mol. The minimum Gasteiger partial charge on any atom is -0.463 e. The van der Waals surface area contributed by atoms with Crippen molar-refractivity contribution in [2.45, 2.75) is 155 Å². The van der Waals surface area contributed by atoms with E-state index in [9.17, 15) is 28.8 Å². The van der Waals surface area contributed by atoms with Crippen LogP contribution < -0.4 is 0 Å². The third kappa shape index (κ3) is 15.4. The third-order valence-electron chi connectivity index (χ3n) is 8.61. The number of benzene rings is 1. The largest absolute Gasteiger partial charge is 0.463 e. The van der Waals surface area contributed by atoms with E-state index in [2.05, 4.69) is 6.92 Å². The molecule has 56 heavy (non-hydrogen) atoms. The Morgan fingerprint density at radius 1 is 0.536 bits per heavy atom. The van der Waals surface area contributed by atoms with Gasteiger partial charge < -0.3 is 52.1 Å². The molecular formula is C39H56O17. The number of esters is 6. The van der Waals surface area contributed by atoms with Crippen LogP contribution in [0.1, 0.15) is 92.6 Å². The maximum Gasteiger partial charge on any atom is 0.303 e. The molecule has 2 aliphatic heterocycles. The minimum absolute atomic E-state index is 0.140. The average Bonchev–Trinajstić information content (AvgIpc) is 3.11. The SMILES string of the molecule is CCCCCCCCO[C@H]1O[C@H](COCc2ccccc2)[C@@H](O[C@H]2O[C@H](COC(C)=O)[C@@H](OC(C)=O)[C@H](OC(C)=O)[C@@H]2OC(C)=O)[C@H](OC(C)=O)[C@H]1OC(C)=O. The van der Waals surface area contributed by atoms with Crippen molar-refractivity contribution < 1.29 is 80.9 Å². The van der Waals surface area contributed by atoms with Crippen LogP contribution in [0, 0.1) is 0 Å². The third-order valence-corrected chi connectivity index (χ3v) is 8.61. The van der Waals surface area contributed by atoms with E-state index >= 15 is 0 Å². The van der Waals surface area contributed by atoms with Crippen LogP contribution in [0.15, 0.2) is 30.3 Å². The lowest BCUT2D eigenvalue weighted by Gasteiger charge is -2.48. The van der Waals surface area contributed by atoms with E-state index in [-0.39, 0.29) is 19.8 Å². The molecule has 0 aromatic heterocycles. The van der Waals surface area contributed by atoms with Crippen LogP contribution in [0.5, 0.6) is 0 Å². The second-order valence-corrected chi connectivity index (χ2v) is 13.5. The summed E-state index contributed by atoms with van der Waals surface area (Å²) in [6.45, 7) is 8.53. The van der Waals surface area contributed by atoms with E-state index in [0.717, 1.165) is 72.3 Å². The fourth-order valence-electron chi connectivity index (χ4n) is 6.36. The molecule has 0 amide bonds. The Labute approximate surface area is 327 Å². The highest BCUT2D eigenvalue weighted by molar-refractivity contribution is 5.69. The smallest absolute Gasteiger partial charge is 0.303 e. The summed E-state index contributed by atoms with van der Waals surface area (Å²) >= 11 is 0. The van der Waals surface area contributed by atoms with Crippen LogP contribution in [0.2, 0.25) is 0 Å². The van der Waals surface area contributed by atoms with Crippen molar-refractivity contribution in [2.75, 3.05) is 19.8 Å². The lowest BCUT2D eigenvalue weighted by molar-refractivity contribution is -0.362. The highest BCUT2D eigenvalue weighted by Gasteiger charge is 2.57. The van der Waals surface area contributed by atoms with Crippen LogP contribution in [0.4, 0.5) is 0 Å². The van der Waals surface area contributed by atoms with E-state index in [1.54, 1.807) is 0 Å². The first kappa shape index (κ1) is 46.2. The molecule has 0 aliphatic carbocycles. The van der Waals surface area contributed by atoms with Gasteiger partial charge in [-0.15, -0.1) is 0 Å². The lowest BCUT2D eigenvalue weighted by atomic mass is 9.96. The highest BCUT2D eigenvalue weighted by atomic mass is 16.8. The quantitative estimate of drug-likeness (QED) is 0.0990. The molecular weight excluding hydrogens is 740 g/mol. The fraction of sp³-hybridized carbons (Fsp3) is 0.692. The van der Waals surface area contributed by atoms with Gasteiger partial charge in [-0.2, -0.15) is 0 Å². The van der Waals surface area contributed by atoms with E-state index in [4.69, 9.17) is 52.1 Å². The Morgan fingerprint density at radius 3 is 1.59 bits per heavy atom. The van der Waals surface area contributed by atoms with Crippen molar-refractivity contribution in [3.8, 4) is 0 Å². The number of unbranched alkanes of at least 4 members (excludes halogenated alkanes) is 5. The van der Waals surface area contributed by atoms with Crippen molar-refractivity contribution in [3.63, 3.8) is 0 Å². The highest BCUT2D eigenvalue weighted by Crippen LogP contribution is 2.35. The molecule has 0 saturated carbocycles. The summed E-state index contributed by atoms with van der Waals surface area (Å²) in [5.41, 5.74) is 0.838. The zero-order chi connectivity index (χ0) is 41.2. The molecule has 0 bridgehead atoms. The molecule has 0 unspecified atom stereocenters. The summed E-state index contributed by atoms with van der Waals surface area (Å²) < 4.78 is 64.6. The normalized spacial score (nSPS) is 27.3. The van der Waals surface area contributed by atoms with Crippen molar-refractivity contribution in [3.05, 3.63) is 35.9 Å². The minimum atomic E-state index is -1.70. The van der Waals surface area contributed by atoms with E-state index in [0.29, 0.717) is 6.42 Å². The van der Waals surface area contributed by atoms with Gasteiger partial charge in [0.15, 0.2) is 43.1 Å². The summed E-state index contributed by atoms with van der Waals surface area (Å²) in [6.07, 6.45) is -8.39. The van der Waals surface area contributed by atoms with Crippen LogP contribution >= 0.6 is 0 Å². The van der Waals surface area contributed by atoms with Gasteiger partial charge in [-0.1, -0.05) is 69.4 Å². The Bertz CT molecular complexity index is 1420. The van der Waals surface area contributed by atoms with Gasteiger partial charge in [0.25, 0.3) is 0 Å². The van der Waals surface area contributed by atoms with Gasteiger partial charge in [-0.05, 0) is 12.0 Å². The van der Waals surface area contributed by atoms with Gasteiger partial charge in [-0.25, -0.2) is 0 Å². The second kappa shape index (κ2) is 23.8. The molecule has 0 N–H and O–H groups in total. The van der Waals surface area contributed by atoms with Crippen molar-refractivity contribution in [1.82, 2.24) is 0 Å². The molecule has 2 aliphatic rings. The second-order valence-electron chi connectivity index (χ2n) is 13.5. The molecule has 1 aromatic carbocycles. The summed E-state index contributed by atoms with van der Waals surface area (Å²) in [4.78, 5) is 74.4. The molecule has 0 radical (unpaired) electrons. The predicted octanol–water partition coefficient (Wildman–Crippen LogP) is 3.64. The van der Waals surface area contributed by atoms with Crippen molar-refractivity contribution in [1.29, 1.82) is 0 Å². The Kier molecular flexibility index (Phi) is 19.6. The van der Waals surface area contributed by atoms with E-state index < -0.39 is 104 Å². The monoisotopic (exact) mass is 796 g/mol. The molecule has 2 heterocycles. The van der Waals surface area contributed by atoms with E-state index in [1.807, 2.05) is 30.3 Å². The lowest BCUT2D eigenvalue weighted by Crippen LogP contribution is -2.67. The number of rotatable bonds is 21. The zero-order valence-electron chi connectivity index (χ0n) is 33.2. The maximum atomic E-state index is 12.7. The topological polar surface area (TPSA) is 204 Å². The number of carbonyl (C=O) groups is 6. The van der Waals surface area contributed by atoms with Gasteiger partial charge in [0.05, 0.1) is 13.2 Å². The van der Waals surface area contributed by atoms with Crippen molar-refractivity contribution >= 4 is 35.8 Å². The molecule has 17 heteroatoms. The predicted molar refractivity (Wildman–Crippen MR) is 192 cm³/mol. The first-order valence-electron chi connectivity index (χ1n) is 18.9. The first-order valence-corrected chi connectivity index (χ1v) is 18.9. The van der Waals surface area contributed by atoms with Gasteiger partial charge in [0.2, 0.25) is 0 Å². The van der Waals surface area contributed by atoms with Gasteiger partial charge >= 0.3 is 35.8 Å². The standard InChI is InChI=1S/C39H56O17/c1-8-9-10-11-12-16-19-47-38-36(52-27(6)44)35(51-26(5)43)33(30(54-38)21-46-20-29-17-14-13-15-18-29)56-39-37(53-28(7)45)34(50-25(4)42)32(49-24(3)41)31(55-39)22-48-23(2)40/h13-15,17-18,30-39H,8-12,16,19-22H2,1-7H3/t30-,31-,32-,33-,34+,35+,36-,37+,38+,39-/m1/s1. The number of hydrogen-bond acceptors (Lipinski definition) is 17. The number of carbonyl (C=O) groups excluding carboxylic acids is 6. The molecule has 2 fully saturated rings. The zero-order valence-corrected chi connectivity index (χ0v) is 33.2. The summed E-state index contributed by atoms with van der Waals surface area (Å²) in [5, 5.41) is 0. The fourth-order valence-corrected chi connectivity index (χ4v) is 6.36. The Morgan fingerprint density at radius 2 is 1.02 bits per heavy atom. The number of ether oxygens (including phenoxy) is 11. The molecule has 0 spiro atoms. The molecule has 2 saturated heterocycles. The maximum absolute atomic E-state index is 12.7. The molecule has 10 atom stereocenters. The van der Waals surface area contributed by atoms with Crippen LogP contribution in [-0.2, 0) is 87.5 Å². The summed E-state index contributed by atoms with van der Waals surface area (Å²) in [7, 11) is 0. The molecule has 17 nitrogen and oxygen atoms in total. The van der Waals surface area contributed by atoms with Gasteiger partial charge in [-0.3, -0.25) is 28.8 Å².